The summed E-state index contributed by atoms with van der Waals surface area (Å²) < 4.78 is 34.7. The molecule has 1 atom stereocenters. The molecule has 0 aromatic heterocycles. The first-order chi connectivity index (χ1) is 12.9. The quantitative estimate of drug-likeness (QED) is 0.573. The van der Waals surface area contributed by atoms with E-state index in [1.165, 1.54) is 5.69 Å². The van der Waals surface area contributed by atoms with Crippen LogP contribution in [0.4, 0.5) is 5.69 Å². The molecule has 0 unspecified atom stereocenters. The maximum absolute atomic E-state index is 12.6. The topological polar surface area (TPSA) is 62.2 Å². The Bertz CT molecular complexity index is 836. The Morgan fingerprint density at radius 3 is 2.21 bits per heavy atom. The molecule has 6 nitrogen and oxygen atoms in total. The number of piperazine rings is 1. The summed E-state index contributed by atoms with van der Waals surface area (Å²) in [5, 5.41) is -0.695. The van der Waals surface area contributed by atoms with Crippen LogP contribution in [0.3, 0.4) is 0 Å². The second kappa shape index (κ2) is 7.75. The molecular weight excluding hydrogens is 489 g/mol. The fraction of sp³-hybridized carbons (Fsp3) is 0.650. The molecular formula is C20H30IN3O3S. The lowest BCUT2D eigenvalue weighted by molar-refractivity contribution is 0.0925. The van der Waals surface area contributed by atoms with Crippen LogP contribution in [0.1, 0.15) is 40.2 Å². The summed E-state index contributed by atoms with van der Waals surface area (Å²) in [4.78, 5) is 4.90. The van der Waals surface area contributed by atoms with E-state index in [-0.39, 0.29) is 9.44 Å². The van der Waals surface area contributed by atoms with Gasteiger partial charge in [0.1, 0.15) is 10.9 Å². The molecule has 0 N–H and O–H groups in total. The van der Waals surface area contributed by atoms with Gasteiger partial charge in [0.05, 0.1) is 0 Å². The molecule has 2 aliphatic heterocycles. The SMILES string of the molecule is CC1(C)OC(I)=NS(=O)(=O)[C@@H]1Cc1ccc(N2CCN(C(C)(C)C)CC2)cc1. The highest BCUT2D eigenvalue weighted by molar-refractivity contribution is 14.1. The lowest BCUT2D eigenvalue weighted by Gasteiger charge is -2.43. The van der Waals surface area contributed by atoms with Crippen LogP contribution in [0, 0.1) is 0 Å². The Morgan fingerprint density at radius 1 is 1.14 bits per heavy atom. The normalized spacial score (nSPS) is 25.1. The van der Waals surface area contributed by atoms with Crippen molar-refractivity contribution in [2.45, 2.75) is 57.4 Å². The van der Waals surface area contributed by atoms with Crippen LogP contribution in [-0.4, -0.2) is 59.8 Å². The minimum absolute atomic E-state index is 0.184. The van der Waals surface area contributed by atoms with Crippen molar-refractivity contribution >= 4 is 42.2 Å². The summed E-state index contributed by atoms with van der Waals surface area (Å²) in [6.45, 7) is 14.5. The molecule has 2 heterocycles. The maximum atomic E-state index is 12.6. The van der Waals surface area contributed by atoms with Crippen LogP contribution in [0.25, 0.3) is 0 Å². The zero-order valence-corrected chi connectivity index (χ0v) is 20.2. The second-order valence-electron chi connectivity index (χ2n) is 9.07. The smallest absolute Gasteiger partial charge is 0.263 e. The van der Waals surface area contributed by atoms with Gasteiger partial charge in [-0.2, -0.15) is 0 Å². The Hall–Kier alpha value is -0.870. The number of anilines is 1. The largest absolute Gasteiger partial charge is 0.465 e. The summed E-state index contributed by atoms with van der Waals surface area (Å²) in [6, 6.07) is 8.25. The van der Waals surface area contributed by atoms with Gasteiger partial charge in [0.25, 0.3) is 13.9 Å². The van der Waals surface area contributed by atoms with Crippen molar-refractivity contribution in [3.05, 3.63) is 29.8 Å². The predicted octanol–water partition coefficient (Wildman–Crippen LogP) is 3.45. The van der Waals surface area contributed by atoms with E-state index in [9.17, 15) is 8.42 Å². The van der Waals surface area contributed by atoms with Gasteiger partial charge < -0.3 is 9.64 Å². The third-order valence-electron chi connectivity index (χ3n) is 5.63. The Balaban J connectivity index is 1.69. The molecule has 0 amide bonds. The zero-order chi connectivity index (χ0) is 20.7. The van der Waals surface area contributed by atoms with Crippen molar-refractivity contribution in [1.82, 2.24) is 4.90 Å². The van der Waals surface area contributed by atoms with Crippen LogP contribution < -0.4 is 4.90 Å². The molecule has 1 aromatic carbocycles. The lowest BCUT2D eigenvalue weighted by Crippen LogP contribution is -2.53. The van der Waals surface area contributed by atoms with Crippen molar-refractivity contribution in [2.24, 2.45) is 4.40 Å². The van der Waals surface area contributed by atoms with Gasteiger partial charge in [-0.05, 0) is 58.7 Å². The Kier molecular flexibility index (Phi) is 6.05. The number of ether oxygens (including phenoxy) is 1. The van der Waals surface area contributed by atoms with E-state index < -0.39 is 20.9 Å². The number of sulfonamides is 1. The average molecular weight is 519 g/mol. The molecule has 1 saturated heterocycles. The summed E-state index contributed by atoms with van der Waals surface area (Å²) >= 11 is 1.82. The number of nitrogens with zero attached hydrogens (tertiary/aromatic N) is 3. The van der Waals surface area contributed by atoms with Crippen LogP contribution in [0.2, 0.25) is 0 Å². The van der Waals surface area contributed by atoms with E-state index in [0.717, 1.165) is 31.7 Å². The van der Waals surface area contributed by atoms with Crippen molar-refractivity contribution in [2.75, 3.05) is 31.1 Å². The highest BCUT2D eigenvalue weighted by Gasteiger charge is 2.45. The van der Waals surface area contributed by atoms with Gasteiger partial charge in [-0.3, -0.25) is 4.90 Å². The third kappa shape index (κ3) is 4.81. The number of rotatable bonds is 3. The van der Waals surface area contributed by atoms with Crippen molar-refractivity contribution < 1.29 is 13.2 Å². The third-order valence-corrected chi connectivity index (χ3v) is 8.29. The van der Waals surface area contributed by atoms with Crippen LogP contribution in [0.5, 0.6) is 0 Å². The fourth-order valence-electron chi connectivity index (χ4n) is 3.87. The molecule has 8 heteroatoms. The molecule has 1 fully saturated rings. The molecule has 0 aliphatic carbocycles. The molecule has 2 aliphatic rings. The van der Waals surface area contributed by atoms with Gasteiger partial charge in [-0.15, -0.1) is 4.40 Å². The van der Waals surface area contributed by atoms with E-state index in [0.29, 0.717) is 6.42 Å². The molecule has 0 bridgehead atoms. The number of benzene rings is 1. The molecule has 3 rings (SSSR count). The summed E-state index contributed by atoms with van der Waals surface area (Å²) in [5.41, 5.74) is 1.57. The van der Waals surface area contributed by atoms with Gasteiger partial charge in [-0.25, -0.2) is 8.42 Å². The fourth-order valence-corrected chi connectivity index (χ4v) is 6.79. The van der Waals surface area contributed by atoms with Gasteiger partial charge in [0.15, 0.2) is 0 Å². The molecule has 0 spiro atoms. The lowest BCUT2D eigenvalue weighted by atomic mass is 9.97. The standard InChI is InChI=1S/C20H30IN3O3S/c1-19(2,3)24-12-10-23(11-13-24)16-8-6-15(7-9-16)14-17-20(4,5)27-18(21)22-28(17,25)26/h6-9,17H,10-14H2,1-5H3/t17-/m1/s1. The Labute approximate surface area is 182 Å². The average Bonchev–Trinajstić information content (AvgIpc) is 2.57. The first-order valence-electron chi connectivity index (χ1n) is 9.66. The van der Waals surface area contributed by atoms with Gasteiger partial charge in [-0.1, -0.05) is 12.1 Å². The molecule has 1 aromatic rings. The number of hydrogen-bond donors (Lipinski definition) is 0. The van der Waals surface area contributed by atoms with Crippen LogP contribution >= 0.6 is 22.6 Å². The minimum Gasteiger partial charge on any atom is -0.465 e. The zero-order valence-electron chi connectivity index (χ0n) is 17.3. The van der Waals surface area contributed by atoms with E-state index in [4.69, 9.17) is 4.74 Å². The van der Waals surface area contributed by atoms with E-state index >= 15 is 0 Å². The first kappa shape index (κ1) is 21.8. The van der Waals surface area contributed by atoms with E-state index in [2.05, 4.69) is 47.1 Å². The molecule has 28 heavy (non-hydrogen) atoms. The van der Waals surface area contributed by atoms with Crippen LogP contribution in [-0.2, 0) is 21.2 Å². The number of hydrogen-bond acceptors (Lipinski definition) is 5. The molecule has 0 radical (unpaired) electrons. The number of halogens is 1. The van der Waals surface area contributed by atoms with Gasteiger partial charge in [0.2, 0.25) is 0 Å². The summed E-state index contributed by atoms with van der Waals surface area (Å²) in [7, 11) is -3.59. The van der Waals surface area contributed by atoms with Gasteiger partial charge in [0, 0.05) is 60.0 Å². The highest BCUT2D eigenvalue weighted by Crippen LogP contribution is 2.32. The maximum Gasteiger partial charge on any atom is 0.263 e. The van der Waals surface area contributed by atoms with Crippen molar-refractivity contribution in [3.63, 3.8) is 0 Å². The van der Waals surface area contributed by atoms with Crippen molar-refractivity contribution in [1.29, 1.82) is 0 Å². The van der Waals surface area contributed by atoms with Crippen molar-refractivity contribution in [3.8, 4) is 0 Å². The summed E-state index contributed by atoms with van der Waals surface area (Å²) in [5.74, 6) is 0. The molecule has 0 saturated carbocycles. The molecule has 156 valence electrons. The minimum atomic E-state index is -3.59. The Morgan fingerprint density at radius 2 is 1.71 bits per heavy atom. The predicted molar refractivity (Wildman–Crippen MR) is 123 cm³/mol. The van der Waals surface area contributed by atoms with Gasteiger partial charge >= 0.3 is 0 Å². The monoisotopic (exact) mass is 519 g/mol. The van der Waals surface area contributed by atoms with E-state index in [1.807, 2.05) is 48.6 Å². The summed E-state index contributed by atoms with van der Waals surface area (Å²) in [6.07, 6.45) is 0.390. The highest BCUT2D eigenvalue weighted by atomic mass is 127. The van der Waals surface area contributed by atoms with Crippen LogP contribution in [0.15, 0.2) is 28.7 Å². The first-order valence-corrected chi connectivity index (χ1v) is 12.2. The van der Waals surface area contributed by atoms with E-state index in [1.54, 1.807) is 0 Å². The second-order valence-corrected chi connectivity index (χ2v) is 11.8.